The van der Waals surface area contributed by atoms with E-state index in [0.29, 0.717) is 17.4 Å². The Balaban J connectivity index is 3.91. The van der Waals surface area contributed by atoms with E-state index in [2.05, 4.69) is 38.2 Å². The van der Waals surface area contributed by atoms with Crippen molar-refractivity contribution in [3.8, 4) is 0 Å². The van der Waals surface area contributed by atoms with Crippen LogP contribution in [-0.2, 0) is 32.7 Å². The molecule has 0 aromatic carbocycles. The fourth-order valence-corrected chi connectivity index (χ4v) is 11.3. The average Bonchev–Trinajstić information content (AvgIpc) is 3.42. The second-order valence-corrected chi connectivity index (χ2v) is 26.7. The molecule has 2 unspecified atom stereocenters. The van der Waals surface area contributed by atoms with Crippen LogP contribution in [-0.4, -0.2) is 70.0 Å². The molecule has 0 radical (unpaired) electrons. The molecule has 0 aliphatic rings. The normalized spacial score (nSPS) is 13.2. The number of ether oxygens (including phenoxy) is 2. The lowest BCUT2D eigenvalue weighted by Crippen LogP contribution is -2.37. The molecule has 0 heterocycles. The number of hydrogen-bond donors (Lipinski definition) is 0. The van der Waals surface area contributed by atoms with Gasteiger partial charge in [-0.25, -0.2) is 0 Å². The number of carbonyl (C=O) groups is 2. The predicted molar refractivity (Wildman–Crippen MR) is 342 cm³/mol. The lowest BCUT2D eigenvalue weighted by molar-refractivity contribution is -0.870. The summed E-state index contributed by atoms with van der Waals surface area (Å²) in [5.74, 6) is -0.808. The largest absolute Gasteiger partial charge is 0.756 e. The van der Waals surface area contributed by atoms with E-state index in [1.54, 1.807) is 0 Å². The molecule has 0 aromatic rings. The molecule has 0 aliphatic carbocycles. The number of likely N-dealkylation sites (N-methyl/N-ethyl adjacent to an activating group) is 1. The fraction of sp³-hybridized carbons (Fsp3) is 0.914. The molecule has 0 aliphatic heterocycles. The molecule has 0 saturated carbocycles. The van der Waals surface area contributed by atoms with Crippen molar-refractivity contribution >= 4 is 19.8 Å². The first-order valence-electron chi connectivity index (χ1n) is 35.0. The first-order chi connectivity index (χ1) is 39.0. The van der Waals surface area contributed by atoms with Crippen LogP contribution < -0.4 is 4.89 Å². The number of quaternary nitrogens is 1. The summed E-state index contributed by atoms with van der Waals surface area (Å²) in [5.41, 5.74) is 0. The molecule has 0 fully saturated rings. The Labute approximate surface area is 498 Å². The molecular weight excluding hydrogens is 1010 g/mol. The van der Waals surface area contributed by atoms with Gasteiger partial charge in [0.25, 0.3) is 7.82 Å². The van der Waals surface area contributed by atoms with Gasteiger partial charge in [-0.05, 0) is 44.9 Å². The van der Waals surface area contributed by atoms with Crippen molar-refractivity contribution in [1.82, 2.24) is 0 Å². The lowest BCUT2D eigenvalue weighted by atomic mass is 10.0. The summed E-state index contributed by atoms with van der Waals surface area (Å²) in [6.45, 7) is 4.30. The van der Waals surface area contributed by atoms with Crippen LogP contribution in [0.3, 0.4) is 0 Å². The molecule has 0 N–H and O–H groups in total. The van der Waals surface area contributed by atoms with Crippen LogP contribution in [0.2, 0.25) is 0 Å². The lowest BCUT2D eigenvalue weighted by Gasteiger charge is -2.28. The van der Waals surface area contributed by atoms with E-state index in [1.807, 2.05) is 21.1 Å². The summed E-state index contributed by atoms with van der Waals surface area (Å²) in [6, 6.07) is 0. The van der Waals surface area contributed by atoms with Gasteiger partial charge < -0.3 is 27.9 Å². The molecule has 0 aromatic heterocycles. The van der Waals surface area contributed by atoms with Gasteiger partial charge in [-0.3, -0.25) is 14.2 Å². The minimum Gasteiger partial charge on any atom is -0.756 e. The van der Waals surface area contributed by atoms with Gasteiger partial charge >= 0.3 is 11.9 Å². The number of esters is 2. The number of carbonyl (C=O) groups excluding carboxylic acids is 2. The number of allylic oxidation sites excluding steroid dienone is 4. The highest BCUT2D eigenvalue weighted by molar-refractivity contribution is 7.45. The van der Waals surface area contributed by atoms with Crippen molar-refractivity contribution in [2.45, 2.75) is 367 Å². The predicted octanol–water partition coefficient (Wildman–Crippen LogP) is 21.9. The third-order valence-corrected chi connectivity index (χ3v) is 16.9. The maximum Gasteiger partial charge on any atom is 0.306 e. The average molecular weight is 1150 g/mol. The van der Waals surface area contributed by atoms with Crippen molar-refractivity contribution in [2.24, 2.45) is 0 Å². The molecule has 10 heteroatoms. The molecule has 0 saturated heterocycles. The molecular formula is C70H136NO8P. The van der Waals surface area contributed by atoms with Gasteiger partial charge in [0, 0.05) is 12.8 Å². The van der Waals surface area contributed by atoms with Crippen LogP contribution in [0.1, 0.15) is 361 Å². The molecule has 0 rings (SSSR count). The third-order valence-electron chi connectivity index (χ3n) is 16.0. The highest BCUT2D eigenvalue weighted by Gasteiger charge is 2.22. The Morgan fingerprint density at radius 2 is 0.675 bits per heavy atom. The number of nitrogens with zero attached hydrogens (tertiary/aromatic N) is 1. The number of rotatable bonds is 66. The minimum atomic E-state index is -4.63. The molecule has 2 atom stereocenters. The number of hydrogen-bond acceptors (Lipinski definition) is 8. The SMILES string of the molecule is CCCCCCC/C=C\C/C=C\CCCCCCCCCCCCCCCCCCCCCCCCCCCC(=O)OC(COC(=O)CCCCCCCCCCCCCCCCCCCCC)COP(=O)([O-])OCC[N+](C)(C)C. The molecule has 0 amide bonds. The van der Waals surface area contributed by atoms with Crippen LogP contribution in [0.15, 0.2) is 24.3 Å². The zero-order valence-electron chi connectivity index (χ0n) is 54.1. The number of phosphoric ester groups is 1. The summed E-state index contributed by atoms with van der Waals surface area (Å²) >= 11 is 0. The van der Waals surface area contributed by atoms with Crippen molar-refractivity contribution in [1.29, 1.82) is 0 Å². The molecule has 0 bridgehead atoms. The van der Waals surface area contributed by atoms with Gasteiger partial charge in [0.05, 0.1) is 27.7 Å². The maximum atomic E-state index is 12.8. The zero-order valence-corrected chi connectivity index (χ0v) is 55.0. The van der Waals surface area contributed by atoms with Crippen LogP contribution in [0.4, 0.5) is 0 Å². The Bertz CT molecular complexity index is 1400. The Morgan fingerprint density at radius 3 is 0.988 bits per heavy atom. The van der Waals surface area contributed by atoms with Crippen molar-refractivity contribution in [2.75, 3.05) is 47.5 Å². The second-order valence-electron chi connectivity index (χ2n) is 25.3. The highest BCUT2D eigenvalue weighted by atomic mass is 31.2. The molecule has 474 valence electrons. The Kier molecular flexibility index (Phi) is 60.9. The zero-order chi connectivity index (χ0) is 58.4. The summed E-state index contributed by atoms with van der Waals surface area (Å²) < 4.78 is 34.3. The van der Waals surface area contributed by atoms with Gasteiger partial charge in [0.1, 0.15) is 19.8 Å². The summed E-state index contributed by atoms with van der Waals surface area (Å²) in [5, 5.41) is 0. The van der Waals surface area contributed by atoms with E-state index in [0.717, 1.165) is 38.5 Å². The fourth-order valence-electron chi connectivity index (χ4n) is 10.6. The smallest absolute Gasteiger partial charge is 0.306 e. The van der Waals surface area contributed by atoms with Gasteiger partial charge in [-0.15, -0.1) is 0 Å². The number of unbranched alkanes of at least 4 members (excludes halogenated alkanes) is 48. The second kappa shape index (κ2) is 62.0. The van der Waals surface area contributed by atoms with Gasteiger partial charge in [-0.1, -0.05) is 327 Å². The van der Waals surface area contributed by atoms with E-state index < -0.39 is 26.5 Å². The van der Waals surface area contributed by atoms with E-state index in [4.69, 9.17) is 18.5 Å². The molecule has 0 spiro atoms. The van der Waals surface area contributed by atoms with Crippen LogP contribution in [0.25, 0.3) is 0 Å². The first kappa shape index (κ1) is 78.5. The monoisotopic (exact) mass is 1150 g/mol. The summed E-state index contributed by atoms with van der Waals surface area (Å²) in [4.78, 5) is 38.0. The highest BCUT2D eigenvalue weighted by Crippen LogP contribution is 2.38. The van der Waals surface area contributed by atoms with E-state index >= 15 is 0 Å². The molecule has 9 nitrogen and oxygen atoms in total. The van der Waals surface area contributed by atoms with Crippen LogP contribution in [0.5, 0.6) is 0 Å². The van der Waals surface area contributed by atoms with Gasteiger partial charge in [-0.2, -0.15) is 0 Å². The van der Waals surface area contributed by atoms with Gasteiger partial charge in [0.2, 0.25) is 0 Å². The minimum absolute atomic E-state index is 0.0263. The van der Waals surface area contributed by atoms with Crippen molar-refractivity contribution in [3.63, 3.8) is 0 Å². The Morgan fingerprint density at radius 1 is 0.388 bits per heavy atom. The van der Waals surface area contributed by atoms with Crippen molar-refractivity contribution in [3.05, 3.63) is 24.3 Å². The van der Waals surface area contributed by atoms with Crippen LogP contribution in [0, 0.1) is 0 Å². The molecule has 80 heavy (non-hydrogen) atoms. The summed E-state index contributed by atoms with van der Waals surface area (Å²) in [6.07, 6.45) is 77.0. The number of phosphoric acid groups is 1. The van der Waals surface area contributed by atoms with Crippen molar-refractivity contribution < 1.29 is 42.1 Å². The first-order valence-corrected chi connectivity index (χ1v) is 36.5. The Hall–Kier alpha value is -1.51. The van der Waals surface area contributed by atoms with E-state index in [-0.39, 0.29) is 32.0 Å². The summed E-state index contributed by atoms with van der Waals surface area (Å²) in [7, 11) is 1.19. The topological polar surface area (TPSA) is 111 Å². The van der Waals surface area contributed by atoms with E-state index in [9.17, 15) is 19.0 Å². The van der Waals surface area contributed by atoms with E-state index in [1.165, 1.54) is 289 Å². The standard InChI is InChI=1S/C70H136NO8P/c1-6-8-10-12-14-16-18-20-22-24-26-27-28-29-30-31-32-33-34-35-36-37-38-39-40-41-42-43-45-47-49-51-53-55-57-59-61-63-70(73)79-68(67-78-80(74,75)77-65-64-71(3,4)5)66-76-69(72)62-60-58-56-54-52-50-48-46-44-25-23-21-19-17-15-13-11-9-7-2/h18,20,24,26,68H,6-17,19,21-23,25,27-67H2,1-5H3/b20-18-,26-24-. The van der Waals surface area contributed by atoms with Crippen LogP contribution >= 0.6 is 7.82 Å². The quantitative estimate of drug-likeness (QED) is 0.0195. The maximum absolute atomic E-state index is 12.8. The third kappa shape index (κ3) is 65.6. The van der Waals surface area contributed by atoms with Gasteiger partial charge in [0.15, 0.2) is 6.10 Å².